The Kier molecular flexibility index (Phi) is 11.8. The first-order valence-corrected chi connectivity index (χ1v) is 5.31. The van der Waals surface area contributed by atoms with E-state index in [0.717, 1.165) is 45.6 Å². The summed E-state index contributed by atoms with van der Waals surface area (Å²) in [4.78, 5) is 0. The zero-order valence-corrected chi connectivity index (χ0v) is 8.72. The number of likely N-dealkylation sites (N-methyl/N-ethyl adjacent to an activating group) is 1. The largest absolute Gasteiger partial charge is 0.396 e. The van der Waals surface area contributed by atoms with Crippen LogP contribution in [0.3, 0.4) is 0 Å². The predicted octanol–water partition coefficient (Wildman–Crippen LogP) is 1.17. The fraction of sp³-hybridized carbons (Fsp3) is 1.00. The third-order valence-electron chi connectivity index (χ3n) is 1.87. The third kappa shape index (κ3) is 11.9. The molecular formula is C10H23NO2. The van der Waals surface area contributed by atoms with E-state index in [0.29, 0.717) is 6.61 Å². The minimum Gasteiger partial charge on any atom is -0.396 e. The first-order valence-electron chi connectivity index (χ1n) is 5.31. The van der Waals surface area contributed by atoms with E-state index in [-0.39, 0.29) is 0 Å². The number of nitrogens with one attached hydrogen (secondary N) is 1. The van der Waals surface area contributed by atoms with Crippen molar-refractivity contribution in [1.82, 2.24) is 5.32 Å². The Hall–Kier alpha value is -0.120. The van der Waals surface area contributed by atoms with E-state index in [9.17, 15) is 0 Å². The molecule has 0 rings (SSSR count). The highest BCUT2D eigenvalue weighted by Gasteiger charge is 1.90. The normalized spacial score (nSPS) is 10.6. The molecule has 13 heavy (non-hydrogen) atoms. The van der Waals surface area contributed by atoms with Crippen LogP contribution in [0.1, 0.15) is 32.6 Å². The van der Waals surface area contributed by atoms with Crippen LogP contribution in [0.4, 0.5) is 0 Å². The van der Waals surface area contributed by atoms with Crippen LogP contribution in [-0.2, 0) is 4.74 Å². The summed E-state index contributed by atoms with van der Waals surface area (Å²) < 4.78 is 5.39. The zero-order chi connectivity index (χ0) is 9.78. The van der Waals surface area contributed by atoms with E-state index < -0.39 is 0 Å². The highest BCUT2D eigenvalue weighted by Crippen LogP contribution is 1.98. The van der Waals surface area contributed by atoms with Crippen LogP contribution in [0.15, 0.2) is 0 Å². The van der Waals surface area contributed by atoms with E-state index in [1.807, 2.05) is 0 Å². The predicted molar refractivity (Wildman–Crippen MR) is 54.9 cm³/mol. The van der Waals surface area contributed by atoms with E-state index in [1.54, 1.807) is 0 Å². The van der Waals surface area contributed by atoms with Crippen LogP contribution in [0.25, 0.3) is 0 Å². The van der Waals surface area contributed by atoms with Gasteiger partial charge in [0.15, 0.2) is 0 Å². The Balaban J connectivity index is 2.76. The molecule has 0 aliphatic heterocycles. The molecule has 0 unspecified atom stereocenters. The molecule has 0 aromatic rings. The molecule has 0 saturated heterocycles. The topological polar surface area (TPSA) is 41.5 Å². The summed E-state index contributed by atoms with van der Waals surface area (Å²) in [6.07, 6.45) is 4.33. The molecule has 0 aromatic carbocycles. The Morgan fingerprint density at radius 2 is 1.85 bits per heavy atom. The summed E-state index contributed by atoms with van der Waals surface area (Å²) in [6, 6.07) is 0. The van der Waals surface area contributed by atoms with Gasteiger partial charge < -0.3 is 15.2 Å². The lowest BCUT2D eigenvalue weighted by Gasteiger charge is -2.04. The standard InChI is InChI=1S/C10H23NO2/c1-2-11-7-10-13-9-6-4-3-5-8-12/h11-12H,2-10H2,1H3. The van der Waals surface area contributed by atoms with Crippen LogP contribution in [0.5, 0.6) is 0 Å². The second-order valence-corrected chi connectivity index (χ2v) is 3.10. The molecular weight excluding hydrogens is 166 g/mol. The summed E-state index contributed by atoms with van der Waals surface area (Å²) in [5, 5.41) is 11.7. The van der Waals surface area contributed by atoms with Crippen molar-refractivity contribution in [3.05, 3.63) is 0 Å². The average molecular weight is 189 g/mol. The second kappa shape index (κ2) is 11.9. The molecule has 0 aliphatic rings. The van der Waals surface area contributed by atoms with Crippen molar-refractivity contribution in [1.29, 1.82) is 0 Å². The molecule has 0 spiro atoms. The minimum atomic E-state index is 0.321. The van der Waals surface area contributed by atoms with Crippen LogP contribution in [-0.4, -0.2) is 38.0 Å². The third-order valence-corrected chi connectivity index (χ3v) is 1.87. The molecule has 0 radical (unpaired) electrons. The summed E-state index contributed by atoms with van der Waals surface area (Å²) >= 11 is 0. The van der Waals surface area contributed by atoms with Gasteiger partial charge in [-0.05, 0) is 19.4 Å². The van der Waals surface area contributed by atoms with Crippen molar-refractivity contribution in [3.8, 4) is 0 Å². The van der Waals surface area contributed by atoms with Gasteiger partial charge in [0.2, 0.25) is 0 Å². The first kappa shape index (κ1) is 12.9. The highest BCUT2D eigenvalue weighted by atomic mass is 16.5. The molecule has 80 valence electrons. The van der Waals surface area contributed by atoms with Crippen LogP contribution in [0, 0.1) is 0 Å². The maximum absolute atomic E-state index is 8.53. The Morgan fingerprint density at radius 1 is 1.08 bits per heavy atom. The van der Waals surface area contributed by atoms with Crippen molar-refractivity contribution in [2.24, 2.45) is 0 Å². The van der Waals surface area contributed by atoms with Crippen LogP contribution in [0.2, 0.25) is 0 Å². The molecule has 3 heteroatoms. The summed E-state index contributed by atoms with van der Waals surface area (Å²) in [7, 11) is 0. The van der Waals surface area contributed by atoms with Gasteiger partial charge in [0.1, 0.15) is 0 Å². The second-order valence-electron chi connectivity index (χ2n) is 3.10. The van der Waals surface area contributed by atoms with Gasteiger partial charge in [-0.2, -0.15) is 0 Å². The first-order chi connectivity index (χ1) is 6.41. The maximum Gasteiger partial charge on any atom is 0.0590 e. The van der Waals surface area contributed by atoms with Gasteiger partial charge in [0.25, 0.3) is 0 Å². The molecule has 0 aliphatic carbocycles. The number of hydrogen-bond donors (Lipinski definition) is 2. The molecule has 0 atom stereocenters. The Labute approximate surface area is 81.5 Å². The smallest absolute Gasteiger partial charge is 0.0590 e. The van der Waals surface area contributed by atoms with E-state index >= 15 is 0 Å². The number of aliphatic hydroxyl groups is 1. The lowest BCUT2D eigenvalue weighted by molar-refractivity contribution is 0.131. The average Bonchev–Trinajstić information content (AvgIpc) is 2.16. The molecule has 0 heterocycles. The molecule has 0 bridgehead atoms. The highest BCUT2D eigenvalue weighted by molar-refractivity contribution is 4.43. The number of hydrogen-bond acceptors (Lipinski definition) is 3. The van der Waals surface area contributed by atoms with E-state index in [2.05, 4.69) is 12.2 Å². The molecule has 0 saturated carbocycles. The lowest BCUT2D eigenvalue weighted by atomic mass is 10.2. The van der Waals surface area contributed by atoms with Gasteiger partial charge in [-0.1, -0.05) is 19.8 Å². The zero-order valence-electron chi connectivity index (χ0n) is 8.72. The number of aliphatic hydroxyl groups excluding tert-OH is 1. The molecule has 3 nitrogen and oxygen atoms in total. The van der Waals surface area contributed by atoms with Crippen molar-refractivity contribution in [3.63, 3.8) is 0 Å². The number of unbranched alkanes of at least 4 members (excludes halogenated alkanes) is 3. The van der Waals surface area contributed by atoms with Crippen LogP contribution < -0.4 is 5.32 Å². The van der Waals surface area contributed by atoms with Crippen molar-refractivity contribution in [2.75, 3.05) is 32.9 Å². The van der Waals surface area contributed by atoms with Gasteiger partial charge in [-0.3, -0.25) is 0 Å². The fourth-order valence-electron chi connectivity index (χ4n) is 1.09. The van der Waals surface area contributed by atoms with Crippen molar-refractivity contribution >= 4 is 0 Å². The van der Waals surface area contributed by atoms with Gasteiger partial charge in [-0.15, -0.1) is 0 Å². The van der Waals surface area contributed by atoms with Gasteiger partial charge in [0.05, 0.1) is 6.61 Å². The number of rotatable bonds is 10. The van der Waals surface area contributed by atoms with E-state index in [1.165, 1.54) is 6.42 Å². The van der Waals surface area contributed by atoms with Crippen LogP contribution >= 0.6 is 0 Å². The molecule has 0 fully saturated rings. The minimum absolute atomic E-state index is 0.321. The summed E-state index contributed by atoms with van der Waals surface area (Å²) in [6.45, 7) is 6.05. The quantitative estimate of drug-likeness (QED) is 0.507. The molecule has 0 amide bonds. The fourth-order valence-corrected chi connectivity index (χ4v) is 1.09. The Bertz CT molecular complexity index is 79.0. The monoisotopic (exact) mass is 189 g/mol. The van der Waals surface area contributed by atoms with Gasteiger partial charge in [-0.25, -0.2) is 0 Å². The molecule has 0 aromatic heterocycles. The maximum atomic E-state index is 8.53. The van der Waals surface area contributed by atoms with Crippen molar-refractivity contribution in [2.45, 2.75) is 32.6 Å². The number of ether oxygens (including phenoxy) is 1. The Morgan fingerprint density at radius 3 is 2.54 bits per heavy atom. The lowest BCUT2D eigenvalue weighted by Crippen LogP contribution is -2.19. The summed E-state index contributed by atoms with van der Waals surface area (Å²) in [5.41, 5.74) is 0. The van der Waals surface area contributed by atoms with Gasteiger partial charge in [0, 0.05) is 19.8 Å². The summed E-state index contributed by atoms with van der Waals surface area (Å²) in [5.74, 6) is 0. The van der Waals surface area contributed by atoms with Gasteiger partial charge >= 0.3 is 0 Å². The SMILES string of the molecule is CCNCCOCCCCCCO. The molecule has 2 N–H and O–H groups in total. The van der Waals surface area contributed by atoms with Crippen molar-refractivity contribution < 1.29 is 9.84 Å². The van der Waals surface area contributed by atoms with E-state index in [4.69, 9.17) is 9.84 Å².